The second-order valence-corrected chi connectivity index (χ2v) is 8.02. The topological polar surface area (TPSA) is 97.2 Å². The van der Waals surface area contributed by atoms with E-state index >= 15 is 0 Å². The number of nitrogens with one attached hydrogen (secondary N) is 1. The van der Waals surface area contributed by atoms with E-state index in [4.69, 9.17) is 9.84 Å². The van der Waals surface area contributed by atoms with Crippen molar-refractivity contribution in [1.29, 1.82) is 0 Å². The first-order valence-electron chi connectivity index (χ1n) is 9.69. The largest absolute Gasteiger partial charge is 0.481 e. The number of methoxy groups -OCH3 is 1. The standard InChI is InChI=1S/C22H17F3N4O3S/c1-32-18-6-5-12-3-2-4-13(19(12)29-18)7-8-26-17-10-15(27-11-28-17)16-9-14(22(23,24)25)20(33-16)21(30)31/h2-6,9-11H,7-8H2,1H3,(H,30,31)(H,26,27,28). The Morgan fingerprint density at radius 3 is 2.70 bits per heavy atom. The lowest BCUT2D eigenvalue weighted by Gasteiger charge is -2.09. The number of thiophene rings is 1. The number of fused-ring (bicyclic) bond motifs is 1. The van der Waals surface area contributed by atoms with Crippen LogP contribution in [0.5, 0.6) is 5.88 Å². The number of carbonyl (C=O) groups is 1. The molecule has 0 bridgehead atoms. The summed E-state index contributed by atoms with van der Waals surface area (Å²) in [5.74, 6) is -0.714. The molecular weight excluding hydrogens is 457 g/mol. The van der Waals surface area contributed by atoms with Gasteiger partial charge in [-0.05, 0) is 24.1 Å². The fourth-order valence-corrected chi connectivity index (χ4v) is 4.29. The minimum Gasteiger partial charge on any atom is -0.481 e. The summed E-state index contributed by atoms with van der Waals surface area (Å²) in [4.78, 5) is 23.2. The van der Waals surface area contributed by atoms with Crippen molar-refractivity contribution in [2.45, 2.75) is 12.6 Å². The van der Waals surface area contributed by atoms with Crippen LogP contribution < -0.4 is 10.1 Å². The van der Waals surface area contributed by atoms with Gasteiger partial charge in [-0.15, -0.1) is 11.3 Å². The first kappa shape index (κ1) is 22.5. The van der Waals surface area contributed by atoms with Crippen LogP contribution in [0.15, 0.2) is 48.8 Å². The molecule has 0 fully saturated rings. The van der Waals surface area contributed by atoms with Crippen LogP contribution in [0.3, 0.4) is 0 Å². The van der Waals surface area contributed by atoms with Gasteiger partial charge in [0.2, 0.25) is 5.88 Å². The number of ether oxygens (including phenoxy) is 1. The van der Waals surface area contributed by atoms with E-state index in [0.29, 0.717) is 36.0 Å². The van der Waals surface area contributed by atoms with Gasteiger partial charge in [-0.25, -0.2) is 19.7 Å². The monoisotopic (exact) mass is 474 g/mol. The zero-order valence-electron chi connectivity index (χ0n) is 17.2. The maximum Gasteiger partial charge on any atom is 0.418 e. The molecule has 170 valence electrons. The zero-order chi connectivity index (χ0) is 23.6. The maximum absolute atomic E-state index is 13.2. The average molecular weight is 474 g/mol. The zero-order valence-corrected chi connectivity index (χ0v) is 18.0. The van der Waals surface area contributed by atoms with Crippen LogP contribution in [0, 0.1) is 0 Å². The molecule has 4 rings (SSSR count). The summed E-state index contributed by atoms with van der Waals surface area (Å²) in [6.45, 7) is 0.479. The predicted octanol–water partition coefficient (Wildman–Crippen LogP) is 5.13. The Balaban J connectivity index is 1.52. The number of hydrogen-bond donors (Lipinski definition) is 2. The summed E-state index contributed by atoms with van der Waals surface area (Å²) in [6, 6.07) is 11.9. The molecule has 33 heavy (non-hydrogen) atoms. The van der Waals surface area contributed by atoms with E-state index in [1.54, 1.807) is 13.2 Å². The molecule has 0 radical (unpaired) electrons. The Morgan fingerprint density at radius 2 is 2.00 bits per heavy atom. The highest BCUT2D eigenvalue weighted by Gasteiger charge is 2.37. The molecule has 3 aromatic heterocycles. The number of aromatic nitrogens is 3. The van der Waals surface area contributed by atoms with Crippen LogP contribution in [-0.4, -0.2) is 39.7 Å². The highest BCUT2D eigenvalue weighted by Crippen LogP contribution is 2.40. The fourth-order valence-electron chi connectivity index (χ4n) is 3.31. The number of alkyl halides is 3. The van der Waals surface area contributed by atoms with Crippen LogP contribution in [0.2, 0.25) is 0 Å². The highest BCUT2D eigenvalue weighted by molar-refractivity contribution is 7.17. The molecule has 1 aromatic carbocycles. The van der Waals surface area contributed by atoms with Gasteiger partial charge in [0.15, 0.2) is 0 Å². The Hall–Kier alpha value is -3.73. The Bertz CT molecular complexity index is 1320. The lowest BCUT2D eigenvalue weighted by atomic mass is 10.1. The van der Waals surface area contributed by atoms with E-state index in [1.165, 1.54) is 12.4 Å². The van der Waals surface area contributed by atoms with E-state index < -0.39 is 22.6 Å². The number of aromatic carboxylic acids is 1. The molecule has 0 atom stereocenters. The smallest absolute Gasteiger partial charge is 0.418 e. The van der Waals surface area contributed by atoms with E-state index in [0.717, 1.165) is 22.5 Å². The summed E-state index contributed by atoms with van der Waals surface area (Å²) < 4.78 is 44.8. The number of rotatable bonds is 7. The van der Waals surface area contributed by atoms with Crippen molar-refractivity contribution < 1.29 is 27.8 Å². The molecule has 0 aliphatic carbocycles. The van der Waals surface area contributed by atoms with Gasteiger partial charge in [0.05, 0.1) is 28.8 Å². The van der Waals surface area contributed by atoms with Crippen molar-refractivity contribution >= 4 is 34.0 Å². The van der Waals surface area contributed by atoms with Gasteiger partial charge in [0, 0.05) is 24.1 Å². The molecule has 0 saturated heterocycles. The number of nitrogens with zero attached hydrogens (tertiary/aromatic N) is 3. The number of pyridine rings is 1. The van der Waals surface area contributed by atoms with Crippen molar-refractivity contribution in [2.24, 2.45) is 0 Å². The average Bonchev–Trinajstić information content (AvgIpc) is 3.26. The van der Waals surface area contributed by atoms with Gasteiger partial charge in [-0.2, -0.15) is 13.2 Å². The molecule has 0 aliphatic heterocycles. The summed E-state index contributed by atoms with van der Waals surface area (Å²) in [5.41, 5.74) is 0.822. The Kier molecular flexibility index (Phi) is 6.14. The first-order valence-corrected chi connectivity index (χ1v) is 10.5. The van der Waals surface area contributed by atoms with Gasteiger partial charge in [0.1, 0.15) is 17.0 Å². The third-order valence-electron chi connectivity index (χ3n) is 4.84. The van der Waals surface area contributed by atoms with E-state index in [-0.39, 0.29) is 10.6 Å². The second kappa shape index (κ2) is 9.02. The molecule has 0 aliphatic rings. The molecule has 11 heteroatoms. The summed E-state index contributed by atoms with van der Waals surface area (Å²) in [6.07, 6.45) is -2.95. The number of carboxylic acid groups (broad SMARTS) is 1. The maximum atomic E-state index is 13.2. The van der Waals surface area contributed by atoms with E-state index in [1.807, 2.05) is 24.3 Å². The van der Waals surface area contributed by atoms with Crippen molar-refractivity contribution in [2.75, 3.05) is 19.0 Å². The SMILES string of the molecule is COc1ccc2cccc(CCNc3cc(-c4cc(C(F)(F)F)c(C(=O)O)s4)ncn3)c2n1. The lowest BCUT2D eigenvalue weighted by molar-refractivity contribution is -0.137. The van der Waals surface area contributed by atoms with Gasteiger partial charge in [0.25, 0.3) is 0 Å². The first-order chi connectivity index (χ1) is 15.8. The van der Waals surface area contributed by atoms with E-state index in [9.17, 15) is 18.0 Å². The minimum absolute atomic E-state index is 0.0931. The Labute approximate surface area is 189 Å². The lowest BCUT2D eigenvalue weighted by Crippen LogP contribution is -2.09. The predicted molar refractivity (Wildman–Crippen MR) is 118 cm³/mol. The van der Waals surface area contributed by atoms with Crippen molar-refractivity contribution in [3.05, 3.63) is 64.8 Å². The third kappa shape index (κ3) is 4.87. The molecule has 2 N–H and O–H groups in total. The number of anilines is 1. The van der Waals surface area contributed by atoms with Crippen LogP contribution in [0.4, 0.5) is 19.0 Å². The molecule has 3 heterocycles. The van der Waals surface area contributed by atoms with E-state index in [2.05, 4.69) is 20.3 Å². The number of carboxylic acids is 1. The molecule has 7 nitrogen and oxygen atoms in total. The van der Waals surface area contributed by atoms with Crippen molar-refractivity contribution in [1.82, 2.24) is 15.0 Å². The van der Waals surface area contributed by atoms with Crippen LogP contribution in [-0.2, 0) is 12.6 Å². The summed E-state index contributed by atoms with van der Waals surface area (Å²) in [5, 5.41) is 13.2. The molecule has 0 saturated carbocycles. The van der Waals surface area contributed by atoms with Crippen molar-refractivity contribution in [3.63, 3.8) is 0 Å². The van der Waals surface area contributed by atoms with Gasteiger partial charge in [-0.3, -0.25) is 0 Å². The number of halogens is 3. The fraction of sp³-hybridized carbons (Fsp3) is 0.182. The van der Waals surface area contributed by atoms with Crippen molar-refractivity contribution in [3.8, 4) is 16.5 Å². The number of hydrogen-bond acceptors (Lipinski definition) is 7. The number of benzene rings is 1. The minimum atomic E-state index is -4.77. The van der Waals surface area contributed by atoms with Crippen LogP contribution in [0.1, 0.15) is 20.8 Å². The number of para-hydroxylation sites is 1. The van der Waals surface area contributed by atoms with Crippen LogP contribution in [0.25, 0.3) is 21.5 Å². The normalized spacial score (nSPS) is 11.5. The Morgan fingerprint density at radius 1 is 1.18 bits per heavy atom. The van der Waals surface area contributed by atoms with Crippen LogP contribution >= 0.6 is 11.3 Å². The third-order valence-corrected chi connectivity index (χ3v) is 5.98. The molecular formula is C22H17F3N4O3S. The van der Waals surface area contributed by atoms with Gasteiger partial charge in [-0.1, -0.05) is 18.2 Å². The molecule has 4 aromatic rings. The molecule has 0 spiro atoms. The highest BCUT2D eigenvalue weighted by atomic mass is 32.1. The second-order valence-electron chi connectivity index (χ2n) is 6.96. The molecule has 0 unspecified atom stereocenters. The summed E-state index contributed by atoms with van der Waals surface area (Å²) in [7, 11) is 1.55. The quantitative estimate of drug-likeness (QED) is 0.383. The van der Waals surface area contributed by atoms with Gasteiger partial charge < -0.3 is 15.2 Å². The van der Waals surface area contributed by atoms with Gasteiger partial charge >= 0.3 is 12.1 Å². The summed E-state index contributed by atoms with van der Waals surface area (Å²) >= 11 is 0.524. The molecule has 0 amide bonds.